The number of hydrogen-bond donors (Lipinski definition) is 1. The molecule has 1 aliphatic rings. The van der Waals surface area contributed by atoms with Gasteiger partial charge in [0.2, 0.25) is 0 Å². The molecule has 130 valence electrons. The molecule has 0 saturated carbocycles. The molecule has 0 spiro atoms. The van der Waals surface area contributed by atoms with Gasteiger partial charge in [0.15, 0.2) is 0 Å². The van der Waals surface area contributed by atoms with Crippen LogP contribution in [-0.4, -0.2) is 13.0 Å². The highest BCUT2D eigenvalue weighted by Gasteiger charge is 2.33. The van der Waals surface area contributed by atoms with E-state index >= 15 is 0 Å². The molecule has 1 N–H and O–H groups in total. The van der Waals surface area contributed by atoms with E-state index in [1.165, 1.54) is 6.07 Å². The molecule has 2 aromatic rings. The quantitative estimate of drug-likeness (QED) is 0.791. The number of benzene rings is 2. The van der Waals surface area contributed by atoms with Crippen LogP contribution in [0.5, 0.6) is 5.75 Å². The number of halogens is 3. The Labute approximate surface area is 143 Å². The highest BCUT2D eigenvalue weighted by atomic mass is 19.4. The molecule has 0 aromatic heterocycles. The molecule has 0 fully saturated rings. The molecule has 1 heterocycles. The highest BCUT2D eigenvalue weighted by molar-refractivity contribution is 6.35. The predicted octanol–water partition coefficient (Wildman–Crippen LogP) is 4.82. The van der Waals surface area contributed by atoms with E-state index in [4.69, 9.17) is 4.74 Å². The summed E-state index contributed by atoms with van der Waals surface area (Å²) in [5.74, 6) is 0.327. The van der Waals surface area contributed by atoms with Gasteiger partial charge in [-0.3, -0.25) is 4.79 Å². The zero-order chi connectivity index (χ0) is 18.4. The van der Waals surface area contributed by atoms with Crippen LogP contribution in [0.1, 0.15) is 27.8 Å². The summed E-state index contributed by atoms with van der Waals surface area (Å²) in [5.41, 5.74) is 2.82. The maximum Gasteiger partial charge on any atom is 0.416 e. The maximum atomic E-state index is 12.8. The molecule has 2 aromatic carbocycles. The summed E-state index contributed by atoms with van der Waals surface area (Å²) in [6, 6.07) is 7.02. The minimum absolute atomic E-state index is 0.175. The van der Waals surface area contributed by atoms with Crippen molar-refractivity contribution in [3.05, 3.63) is 58.1 Å². The van der Waals surface area contributed by atoms with Gasteiger partial charge >= 0.3 is 6.18 Å². The molecular formula is C19H16F3NO2. The number of aryl methyl sites for hydroxylation is 2. The van der Waals surface area contributed by atoms with E-state index in [1.807, 2.05) is 26.0 Å². The number of carbonyl (C=O) groups is 1. The van der Waals surface area contributed by atoms with Crippen molar-refractivity contribution < 1.29 is 22.7 Å². The van der Waals surface area contributed by atoms with Crippen molar-refractivity contribution >= 4 is 23.2 Å². The van der Waals surface area contributed by atoms with Crippen LogP contribution in [0.2, 0.25) is 0 Å². The van der Waals surface area contributed by atoms with Crippen molar-refractivity contribution in [3.63, 3.8) is 0 Å². The number of alkyl halides is 3. The first kappa shape index (κ1) is 17.1. The summed E-state index contributed by atoms with van der Waals surface area (Å²) in [7, 11) is 1.58. The number of carbonyl (C=O) groups excluding carboxylic acids is 1. The topological polar surface area (TPSA) is 38.3 Å². The minimum Gasteiger partial charge on any atom is -0.496 e. The zero-order valence-electron chi connectivity index (χ0n) is 13.9. The molecule has 3 nitrogen and oxygen atoms in total. The molecule has 3 rings (SSSR count). The molecule has 0 bridgehead atoms. The average molecular weight is 347 g/mol. The molecule has 1 aliphatic heterocycles. The van der Waals surface area contributed by atoms with Crippen molar-refractivity contribution in [2.75, 3.05) is 12.4 Å². The first-order valence-electron chi connectivity index (χ1n) is 7.60. The first-order chi connectivity index (χ1) is 11.7. The van der Waals surface area contributed by atoms with Gasteiger partial charge in [0.1, 0.15) is 5.75 Å². The highest BCUT2D eigenvalue weighted by Crippen LogP contribution is 2.38. The lowest BCUT2D eigenvalue weighted by atomic mass is 9.98. The van der Waals surface area contributed by atoms with Crippen LogP contribution in [0.25, 0.3) is 11.6 Å². The summed E-state index contributed by atoms with van der Waals surface area (Å²) >= 11 is 0. The third-order valence-corrected chi connectivity index (χ3v) is 4.21. The standard InChI is InChI=1S/C19H16F3NO2/c1-10-7-17(25-3)11(2)6-12(10)8-15-14-5-4-13(19(20,21)22)9-16(14)23-18(15)24/h4-9H,1-3H3,(H,23,24)/b15-8-. The van der Waals surface area contributed by atoms with Crippen LogP contribution in [-0.2, 0) is 11.0 Å². The van der Waals surface area contributed by atoms with Gasteiger partial charge in [-0.2, -0.15) is 13.2 Å². The van der Waals surface area contributed by atoms with Crippen molar-refractivity contribution in [3.8, 4) is 5.75 Å². The smallest absolute Gasteiger partial charge is 0.416 e. The van der Waals surface area contributed by atoms with Gasteiger partial charge < -0.3 is 10.1 Å². The first-order valence-corrected chi connectivity index (χ1v) is 7.60. The summed E-state index contributed by atoms with van der Waals surface area (Å²) in [4.78, 5) is 12.2. The van der Waals surface area contributed by atoms with Crippen molar-refractivity contribution in [1.82, 2.24) is 0 Å². The normalized spacial score (nSPS) is 15.3. The Hall–Kier alpha value is -2.76. The SMILES string of the molecule is COc1cc(C)c(/C=C2\C(=O)Nc3cc(C(F)(F)F)ccc32)cc1C. The van der Waals surface area contributed by atoms with Crippen LogP contribution in [0.3, 0.4) is 0 Å². The van der Waals surface area contributed by atoms with Gasteiger partial charge in [0, 0.05) is 16.8 Å². The lowest BCUT2D eigenvalue weighted by Gasteiger charge is -2.10. The molecule has 0 saturated heterocycles. The van der Waals surface area contributed by atoms with E-state index in [2.05, 4.69) is 5.32 Å². The van der Waals surface area contributed by atoms with Crippen LogP contribution in [0, 0.1) is 13.8 Å². The average Bonchev–Trinajstić information content (AvgIpc) is 2.84. The number of nitrogens with one attached hydrogen (secondary N) is 1. The van der Waals surface area contributed by atoms with E-state index in [9.17, 15) is 18.0 Å². The number of ether oxygens (including phenoxy) is 1. The van der Waals surface area contributed by atoms with Gasteiger partial charge in [0.05, 0.1) is 12.7 Å². The minimum atomic E-state index is -4.45. The molecule has 0 atom stereocenters. The fraction of sp³-hybridized carbons (Fsp3) is 0.211. The van der Waals surface area contributed by atoms with Crippen molar-refractivity contribution in [2.45, 2.75) is 20.0 Å². The predicted molar refractivity (Wildman–Crippen MR) is 90.4 cm³/mol. The van der Waals surface area contributed by atoms with E-state index in [0.29, 0.717) is 11.1 Å². The van der Waals surface area contributed by atoms with Gasteiger partial charge in [0.25, 0.3) is 5.91 Å². The third-order valence-electron chi connectivity index (χ3n) is 4.21. The third kappa shape index (κ3) is 3.12. The number of amides is 1. The molecule has 0 aliphatic carbocycles. The van der Waals surface area contributed by atoms with Gasteiger partial charge in [-0.15, -0.1) is 0 Å². The Kier molecular flexibility index (Phi) is 4.06. The number of methoxy groups -OCH3 is 1. The molecule has 0 unspecified atom stereocenters. The van der Waals surface area contributed by atoms with Crippen LogP contribution in [0.4, 0.5) is 18.9 Å². The fourth-order valence-corrected chi connectivity index (χ4v) is 2.86. The van der Waals surface area contributed by atoms with Crippen LogP contribution in [0.15, 0.2) is 30.3 Å². The van der Waals surface area contributed by atoms with Crippen molar-refractivity contribution in [2.24, 2.45) is 0 Å². The maximum absolute atomic E-state index is 12.8. The summed E-state index contributed by atoms with van der Waals surface area (Å²) in [6.07, 6.45) is -2.76. The number of anilines is 1. The summed E-state index contributed by atoms with van der Waals surface area (Å²) in [5, 5.41) is 2.50. The summed E-state index contributed by atoms with van der Waals surface area (Å²) in [6.45, 7) is 3.77. The van der Waals surface area contributed by atoms with E-state index in [1.54, 1.807) is 13.2 Å². The fourth-order valence-electron chi connectivity index (χ4n) is 2.86. The number of hydrogen-bond acceptors (Lipinski definition) is 2. The molecule has 1 amide bonds. The number of fused-ring (bicyclic) bond motifs is 1. The van der Waals surface area contributed by atoms with E-state index < -0.39 is 17.6 Å². The van der Waals surface area contributed by atoms with Crippen LogP contribution >= 0.6 is 0 Å². The second-order valence-corrected chi connectivity index (χ2v) is 5.95. The lowest BCUT2D eigenvalue weighted by molar-refractivity contribution is -0.137. The Morgan fingerprint density at radius 3 is 2.44 bits per heavy atom. The van der Waals surface area contributed by atoms with Crippen LogP contribution < -0.4 is 10.1 Å². The number of rotatable bonds is 2. The molecule has 25 heavy (non-hydrogen) atoms. The Balaban J connectivity index is 2.07. The Bertz CT molecular complexity index is 898. The van der Waals surface area contributed by atoms with Crippen molar-refractivity contribution in [1.29, 1.82) is 0 Å². The van der Waals surface area contributed by atoms with Gasteiger partial charge in [-0.25, -0.2) is 0 Å². The zero-order valence-corrected chi connectivity index (χ0v) is 13.9. The monoisotopic (exact) mass is 347 g/mol. The second-order valence-electron chi connectivity index (χ2n) is 5.95. The largest absolute Gasteiger partial charge is 0.496 e. The Morgan fingerprint density at radius 2 is 1.80 bits per heavy atom. The lowest BCUT2D eigenvalue weighted by Crippen LogP contribution is -2.06. The van der Waals surface area contributed by atoms with E-state index in [0.717, 1.165) is 34.6 Å². The molecular weight excluding hydrogens is 331 g/mol. The van der Waals surface area contributed by atoms with Gasteiger partial charge in [-0.05, 0) is 60.9 Å². The Morgan fingerprint density at radius 1 is 1.08 bits per heavy atom. The summed E-state index contributed by atoms with van der Waals surface area (Å²) < 4.78 is 43.7. The molecule has 0 radical (unpaired) electrons. The molecule has 6 heteroatoms. The van der Waals surface area contributed by atoms with Gasteiger partial charge in [-0.1, -0.05) is 6.07 Å². The van der Waals surface area contributed by atoms with E-state index in [-0.39, 0.29) is 5.69 Å². The second kappa shape index (κ2) is 5.95.